The second-order valence-corrected chi connectivity index (χ2v) is 4.38. The minimum atomic E-state index is -0.311. The van der Waals surface area contributed by atoms with Crippen LogP contribution in [0, 0.1) is 5.82 Å². The summed E-state index contributed by atoms with van der Waals surface area (Å²) in [5, 5.41) is 0. The largest absolute Gasteiger partial charge is 0.495 e. The molecule has 0 radical (unpaired) electrons. The van der Waals surface area contributed by atoms with Crippen LogP contribution in [0.4, 0.5) is 15.8 Å². The fraction of sp³-hybridized carbons (Fsp3) is 0.538. The Morgan fingerprint density at radius 1 is 1.56 bits per heavy atom. The van der Waals surface area contributed by atoms with Crippen LogP contribution in [0.2, 0.25) is 0 Å². The van der Waals surface area contributed by atoms with Crippen molar-refractivity contribution in [1.29, 1.82) is 0 Å². The first kappa shape index (κ1) is 13.0. The van der Waals surface area contributed by atoms with Crippen LogP contribution < -0.4 is 15.4 Å². The van der Waals surface area contributed by atoms with Gasteiger partial charge in [-0.15, -0.1) is 0 Å². The van der Waals surface area contributed by atoms with E-state index >= 15 is 0 Å². The Bertz CT molecular complexity index is 426. The summed E-state index contributed by atoms with van der Waals surface area (Å²) < 4.78 is 24.6. The molecule has 5 heteroatoms. The standard InChI is InChI=1S/C13H19FN2O2/c1-3-9-8-18-5-4-16(9)12-7-13(17-2)11(15)6-10(12)14/h6-7,9H,3-5,8,15H2,1-2H3. The van der Waals surface area contributed by atoms with Crippen molar-refractivity contribution in [1.82, 2.24) is 0 Å². The number of morpholine rings is 1. The van der Waals surface area contributed by atoms with E-state index in [2.05, 4.69) is 6.92 Å². The van der Waals surface area contributed by atoms with Gasteiger partial charge in [-0.1, -0.05) is 6.92 Å². The van der Waals surface area contributed by atoms with Gasteiger partial charge in [-0.2, -0.15) is 0 Å². The highest BCUT2D eigenvalue weighted by Gasteiger charge is 2.25. The first-order valence-electron chi connectivity index (χ1n) is 6.14. The third kappa shape index (κ3) is 2.36. The zero-order valence-electron chi connectivity index (χ0n) is 10.8. The van der Waals surface area contributed by atoms with Crippen LogP contribution in [-0.4, -0.2) is 32.9 Å². The number of ether oxygens (including phenoxy) is 2. The van der Waals surface area contributed by atoms with E-state index in [1.165, 1.54) is 13.2 Å². The number of hydrogen-bond acceptors (Lipinski definition) is 4. The summed E-state index contributed by atoms with van der Waals surface area (Å²) in [7, 11) is 1.53. The fourth-order valence-corrected chi connectivity index (χ4v) is 2.27. The maximum atomic E-state index is 14.0. The van der Waals surface area contributed by atoms with Crippen LogP contribution in [-0.2, 0) is 4.74 Å². The normalized spacial score (nSPS) is 19.9. The molecule has 1 atom stereocenters. The summed E-state index contributed by atoms with van der Waals surface area (Å²) in [5.74, 6) is 0.196. The molecule has 1 heterocycles. The number of methoxy groups -OCH3 is 1. The minimum Gasteiger partial charge on any atom is -0.495 e. The molecule has 1 aromatic carbocycles. The van der Waals surface area contributed by atoms with Gasteiger partial charge in [-0.3, -0.25) is 0 Å². The van der Waals surface area contributed by atoms with Gasteiger partial charge < -0.3 is 20.1 Å². The summed E-state index contributed by atoms with van der Waals surface area (Å²) >= 11 is 0. The second-order valence-electron chi connectivity index (χ2n) is 4.38. The van der Waals surface area contributed by atoms with Gasteiger partial charge in [0.15, 0.2) is 0 Å². The summed E-state index contributed by atoms with van der Waals surface area (Å²) in [6.45, 7) is 3.99. The summed E-state index contributed by atoms with van der Waals surface area (Å²) in [4.78, 5) is 2.03. The van der Waals surface area contributed by atoms with Crippen LogP contribution in [0.1, 0.15) is 13.3 Å². The monoisotopic (exact) mass is 254 g/mol. The fourth-order valence-electron chi connectivity index (χ4n) is 2.27. The smallest absolute Gasteiger partial charge is 0.148 e. The van der Waals surface area contributed by atoms with Gasteiger partial charge in [-0.05, 0) is 6.42 Å². The van der Waals surface area contributed by atoms with E-state index in [1.54, 1.807) is 6.07 Å². The lowest BCUT2D eigenvalue weighted by Gasteiger charge is -2.37. The van der Waals surface area contributed by atoms with E-state index in [4.69, 9.17) is 15.2 Å². The van der Waals surface area contributed by atoms with Crippen LogP contribution in [0.25, 0.3) is 0 Å². The van der Waals surface area contributed by atoms with Gasteiger partial charge in [0.05, 0.1) is 37.7 Å². The van der Waals surface area contributed by atoms with Gasteiger partial charge in [-0.25, -0.2) is 4.39 Å². The number of nitrogen functional groups attached to an aromatic ring is 1. The number of nitrogens with two attached hydrogens (primary N) is 1. The third-order valence-corrected chi connectivity index (χ3v) is 3.31. The van der Waals surface area contributed by atoms with Crippen LogP contribution in [0.5, 0.6) is 5.75 Å². The molecule has 100 valence electrons. The number of benzene rings is 1. The first-order valence-corrected chi connectivity index (χ1v) is 6.14. The molecule has 0 aliphatic carbocycles. The number of nitrogens with zero attached hydrogens (tertiary/aromatic N) is 1. The molecule has 0 saturated carbocycles. The third-order valence-electron chi connectivity index (χ3n) is 3.31. The van der Waals surface area contributed by atoms with Gasteiger partial charge in [0, 0.05) is 18.7 Å². The average Bonchev–Trinajstić information content (AvgIpc) is 2.39. The molecule has 1 aliphatic rings. The zero-order valence-corrected chi connectivity index (χ0v) is 10.8. The van der Waals surface area contributed by atoms with Gasteiger partial charge in [0.25, 0.3) is 0 Å². The summed E-state index contributed by atoms with van der Waals surface area (Å²) in [5.41, 5.74) is 6.55. The van der Waals surface area contributed by atoms with E-state index in [-0.39, 0.29) is 11.9 Å². The lowest BCUT2D eigenvalue weighted by Crippen LogP contribution is -2.45. The molecular weight excluding hydrogens is 235 g/mol. The predicted molar refractivity (Wildman–Crippen MR) is 69.6 cm³/mol. The van der Waals surface area contributed by atoms with E-state index in [1.807, 2.05) is 4.90 Å². The Kier molecular flexibility index (Phi) is 3.91. The van der Waals surface area contributed by atoms with Crippen molar-refractivity contribution in [2.75, 3.05) is 37.5 Å². The molecule has 18 heavy (non-hydrogen) atoms. The first-order chi connectivity index (χ1) is 8.67. The zero-order chi connectivity index (χ0) is 13.1. The van der Waals surface area contributed by atoms with Crippen LogP contribution >= 0.6 is 0 Å². The van der Waals surface area contributed by atoms with Gasteiger partial charge in [0.1, 0.15) is 11.6 Å². The van der Waals surface area contributed by atoms with Crippen molar-refractivity contribution < 1.29 is 13.9 Å². The summed E-state index contributed by atoms with van der Waals surface area (Å²) in [6.07, 6.45) is 0.909. The van der Waals surface area contributed by atoms with Crippen LogP contribution in [0.15, 0.2) is 12.1 Å². The van der Waals surface area contributed by atoms with Gasteiger partial charge >= 0.3 is 0 Å². The number of rotatable bonds is 3. The Morgan fingerprint density at radius 3 is 3.00 bits per heavy atom. The Balaban J connectivity index is 2.36. The molecule has 1 fully saturated rings. The molecule has 2 rings (SSSR count). The highest BCUT2D eigenvalue weighted by atomic mass is 19.1. The predicted octanol–water partition coefficient (Wildman–Crippen LogP) is 2.03. The van der Waals surface area contributed by atoms with Crippen molar-refractivity contribution in [3.05, 3.63) is 17.9 Å². The molecule has 4 nitrogen and oxygen atoms in total. The Labute approximate surface area is 106 Å². The molecule has 1 aliphatic heterocycles. The second kappa shape index (κ2) is 5.44. The van der Waals surface area contributed by atoms with Crippen molar-refractivity contribution >= 4 is 11.4 Å². The van der Waals surface area contributed by atoms with E-state index in [9.17, 15) is 4.39 Å². The van der Waals surface area contributed by atoms with Crippen molar-refractivity contribution in [3.8, 4) is 5.75 Å². The number of hydrogen-bond donors (Lipinski definition) is 1. The average molecular weight is 254 g/mol. The minimum absolute atomic E-state index is 0.196. The van der Waals surface area contributed by atoms with Crippen molar-refractivity contribution in [2.45, 2.75) is 19.4 Å². The molecular formula is C13H19FN2O2. The lowest BCUT2D eigenvalue weighted by atomic mass is 10.1. The van der Waals surface area contributed by atoms with E-state index < -0.39 is 0 Å². The SMILES string of the molecule is CCC1COCCN1c1cc(OC)c(N)cc1F. The molecule has 1 saturated heterocycles. The molecule has 0 bridgehead atoms. The molecule has 1 aromatic rings. The van der Waals surface area contributed by atoms with Crippen molar-refractivity contribution in [3.63, 3.8) is 0 Å². The lowest BCUT2D eigenvalue weighted by molar-refractivity contribution is 0.0926. The molecule has 0 aromatic heterocycles. The van der Waals surface area contributed by atoms with Gasteiger partial charge in [0.2, 0.25) is 0 Å². The number of anilines is 2. The van der Waals surface area contributed by atoms with Crippen LogP contribution in [0.3, 0.4) is 0 Å². The van der Waals surface area contributed by atoms with E-state index in [0.717, 1.165) is 6.42 Å². The summed E-state index contributed by atoms with van der Waals surface area (Å²) in [6, 6.07) is 3.18. The maximum Gasteiger partial charge on any atom is 0.148 e. The topological polar surface area (TPSA) is 47.7 Å². The molecule has 1 unspecified atom stereocenters. The number of halogens is 1. The highest BCUT2D eigenvalue weighted by molar-refractivity contribution is 5.63. The highest BCUT2D eigenvalue weighted by Crippen LogP contribution is 2.32. The molecule has 0 amide bonds. The Hall–Kier alpha value is -1.49. The van der Waals surface area contributed by atoms with E-state index in [0.29, 0.717) is 36.9 Å². The quantitative estimate of drug-likeness (QED) is 0.838. The molecule has 0 spiro atoms. The maximum absolute atomic E-state index is 14.0. The Morgan fingerprint density at radius 2 is 2.33 bits per heavy atom. The molecule has 2 N–H and O–H groups in total. The van der Waals surface area contributed by atoms with Crippen molar-refractivity contribution in [2.24, 2.45) is 0 Å².